The molecule has 1 aromatic carbocycles. The predicted molar refractivity (Wildman–Crippen MR) is 111 cm³/mol. The molecule has 3 rings (SSSR count). The Balaban J connectivity index is 1.51. The van der Waals surface area contributed by atoms with E-state index < -0.39 is 30.4 Å². The molecule has 1 aliphatic heterocycles. The molecule has 0 bridgehead atoms. The number of benzene rings is 1. The summed E-state index contributed by atoms with van der Waals surface area (Å²) in [6.07, 6.45) is -2.66. The van der Waals surface area contributed by atoms with Gasteiger partial charge in [-0.15, -0.1) is 0 Å². The minimum atomic E-state index is -4.57. The lowest BCUT2D eigenvalue weighted by atomic mass is 9.85. The normalized spacial score (nSPS) is 20.5. The molecule has 0 saturated heterocycles. The maximum atomic E-state index is 13.1. The number of carbonyl (C=O) groups excluding carboxylic acids is 3. The predicted octanol–water partition coefficient (Wildman–Crippen LogP) is 2.13. The van der Waals surface area contributed by atoms with Gasteiger partial charge in [-0.3, -0.25) is 14.4 Å². The number of halogens is 5. The van der Waals surface area contributed by atoms with Crippen molar-refractivity contribution in [3.63, 3.8) is 0 Å². The van der Waals surface area contributed by atoms with E-state index in [-0.39, 0.29) is 41.0 Å². The second-order valence-corrected chi connectivity index (χ2v) is 8.12. The van der Waals surface area contributed by atoms with E-state index in [0.29, 0.717) is 31.4 Å². The summed E-state index contributed by atoms with van der Waals surface area (Å²) in [5, 5.41) is 12.4. The van der Waals surface area contributed by atoms with Gasteiger partial charge in [0, 0.05) is 12.0 Å². The molecular weight excluding hydrogens is 470 g/mol. The first-order valence-corrected chi connectivity index (χ1v) is 10.5. The van der Waals surface area contributed by atoms with Crippen LogP contribution in [0.5, 0.6) is 0 Å². The van der Waals surface area contributed by atoms with Gasteiger partial charge in [0.25, 0.3) is 11.8 Å². The van der Waals surface area contributed by atoms with Crippen molar-refractivity contribution in [2.45, 2.75) is 37.9 Å². The smallest absolute Gasteiger partial charge is 0.362 e. The summed E-state index contributed by atoms with van der Waals surface area (Å²) in [5.74, 6) is -2.77. The lowest BCUT2D eigenvalue weighted by Gasteiger charge is -2.28. The van der Waals surface area contributed by atoms with E-state index in [1.54, 1.807) is 5.32 Å². The minimum absolute atomic E-state index is 0.0242. The van der Waals surface area contributed by atoms with Gasteiger partial charge in [-0.2, -0.15) is 13.2 Å². The number of alkyl halides is 3. The fraction of sp³-hybridized carbons (Fsp3) is 0.450. The second kappa shape index (κ2) is 10.3. The molecule has 2 aliphatic rings. The first-order valence-electron chi connectivity index (χ1n) is 10.2. The number of nitrogens with one attached hydrogen (secondary N) is 5. The Hall–Kier alpha value is -3.02. The van der Waals surface area contributed by atoms with Crippen LogP contribution in [0.25, 0.3) is 0 Å². The van der Waals surface area contributed by atoms with Gasteiger partial charge in [0.05, 0.1) is 17.4 Å². The Bertz CT molecular complexity index is 962. The summed E-state index contributed by atoms with van der Waals surface area (Å²) >= 11 is 5.93. The zero-order chi connectivity index (χ0) is 24.2. The SMILES string of the molecule is O=C(NCC(F)(F)F)C1=C(C(=O)N[C@H]2CC[C@H](C(=O)Nc3ccc(F)cc3Cl)CC2)NCN1. The first kappa shape index (κ1) is 24.6. The monoisotopic (exact) mass is 491 g/mol. The van der Waals surface area contributed by atoms with E-state index in [9.17, 15) is 31.9 Å². The topological polar surface area (TPSA) is 111 Å². The van der Waals surface area contributed by atoms with Crippen molar-refractivity contribution in [2.75, 3.05) is 18.5 Å². The standard InChI is InChI=1S/C20H22ClF4N5O3/c21-13-7-11(22)3-6-14(13)30-17(31)10-1-4-12(5-2-10)29-19(33)16-15(27-9-28-16)18(32)26-8-20(23,24)25/h3,6-7,10,12,27-28H,1-2,4-5,8-9H2,(H,26,32)(H,29,33)(H,30,31)/t10-,12-. The molecule has 33 heavy (non-hydrogen) atoms. The molecule has 13 heteroatoms. The van der Waals surface area contributed by atoms with E-state index in [0.717, 1.165) is 6.07 Å². The third-order valence-electron chi connectivity index (χ3n) is 5.31. The van der Waals surface area contributed by atoms with Crippen LogP contribution in [0.2, 0.25) is 5.02 Å². The van der Waals surface area contributed by atoms with Crippen LogP contribution >= 0.6 is 11.6 Å². The molecule has 1 aliphatic carbocycles. The molecular formula is C20H22ClF4N5O3. The quantitative estimate of drug-likeness (QED) is 0.392. The molecule has 0 atom stereocenters. The molecule has 3 amide bonds. The zero-order valence-electron chi connectivity index (χ0n) is 17.2. The molecule has 180 valence electrons. The Labute approximate surface area is 191 Å². The number of anilines is 1. The van der Waals surface area contributed by atoms with Crippen molar-refractivity contribution >= 4 is 35.0 Å². The highest BCUT2D eigenvalue weighted by Crippen LogP contribution is 2.28. The number of rotatable bonds is 6. The first-order chi connectivity index (χ1) is 15.5. The summed E-state index contributed by atoms with van der Waals surface area (Å²) in [4.78, 5) is 37.0. The molecule has 1 fully saturated rings. The van der Waals surface area contributed by atoms with Crippen LogP contribution in [0.3, 0.4) is 0 Å². The summed E-state index contributed by atoms with van der Waals surface area (Å²) in [6, 6.07) is 3.39. The average molecular weight is 492 g/mol. The van der Waals surface area contributed by atoms with Crippen LogP contribution in [0, 0.1) is 11.7 Å². The highest BCUT2D eigenvalue weighted by atomic mass is 35.5. The molecule has 1 saturated carbocycles. The van der Waals surface area contributed by atoms with E-state index in [2.05, 4.69) is 21.3 Å². The molecule has 0 spiro atoms. The Morgan fingerprint density at radius 3 is 2.27 bits per heavy atom. The fourth-order valence-corrected chi connectivity index (χ4v) is 3.85. The minimum Gasteiger partial charge on any atom is -0.362 e. The summed E-state index contributed by atoms with van der Waals surface area (Å²) in [5.41, 5.74) is -0.0944. The summed E-state index contributed by atoms with van der Waals surface area (Å²) in [7, 11) is 0. The maximum absolute atomic E-state index is 13.1. The van der Waals surface area contributed by atoms with Gasteiger partial charge >= 0.3 is 6.18 Å². The van der Waals surface area contributed by atoms with Gasteiger partial charge in [-0.05, 0) is 43.9 Å². The Morgan fingerprint density at radius 2 is 1.67 bits per heavy atom. The van der Waals surface area contributed by atoms with Crippen LogP contribution in [-0.4, -0.2) is 43.2 Å². The lowest BCUT2D eigenvalue weighted by Crippen LogP contribution is -2.42. The van der Waals surface area contributed by atoms with E-state index in [1.807, 2.05) is 0 Å². The molecule has 1 aromatic rings. The molecule has 8 nitrogen and oxygen atoms in total. The molecule has 0 radical (unpaired) electrons. The third kappa shape index (κ3) is 6.73. The van der Waals surface area contributed by atoms with Crippen LogP contribution in [0.4, 0.5) is 23.2 Å². The Kier molecular flexibility index (Phi) is 7.67. The molecule has 0 unspecified atom stereocenters. The lowest BCUT2D eigenvalue weighted by molar-refractivity contribution is -0.136. The summed E-state index contributed by atoms with van der Waals surface area (Å²) in [6.45, 7) is -1.49. The molecule has 5 N–H and O–H groups in total. The average Bonchev–Trinajstić information content (AvgIpc) is 3.24. The number of hydrogen-bond donors (Lipinski definition) is 5. The van der Waals surface area contributed by atoms with Crippen molar-refractivity contribution in [3.8, 4) is 0 Å². The van der Waals surface area contributed by atoms with Crippen molar-refractivity contribution < 1.29 is 31.9 Å². The number of carbonyl (C=O) groups is 3. The second-order valence-electron chi connectivity index (χ2n) is 7.71. The number of amides is 3. The van der Waals surface area contributed by atoms with Gasteiger partial charge in [-0.25, -0.2) is 4.39 Å². The van der Waals surface area contributed by atoms with E-state index in [4.69, 9.17) is 11.6 Å². The highest BCUT2D eigenvalue weighted by Gasteiger charge is 2.33. The van der Waals surface area contributed by atoms with Crippen molar-refractivity contribution in [1.82, 2.24) is 21.3 Å². The molecule has 1 heterocycles. The maximum Gasteiger partial charge on any atom is 0.405 e. The largest absolute Gasteiger partial charge is 0.405 e. The van der Waals surface area contributed by atoms with Crippen LogP contribution in [0.1, 0.15) is 25.7 Å². The van der Waals surface area contributed by atoms with Crippen molar-refractivity contribution in [3.05, 3.63) is 40.4 Å². The number of hydrogen-bond acceptors (Lipinski definition) is 5. The van der Waals surface area contributed by atoms with Gasteiger partial charge in [-0.1, -0.05) is 11.6 Å². The van der Waals surface area contributed by atoms with Crippen molar-refractivity contribution in [2.24, 2.45) is 5.92 Å². The van der Waals surface area contributed by atoms with E-state index in [1.165, 1.54) is 12.1 Å². The summed E-state index contributed by atoms with van der Waals surface area (Å²) < 4.78 is 50.1. The van der Waals surface area contributed by atoms with Crippen LogP contribution in [0.15, 0.2) is 29.6 Å². The van der Waals surface area contributed by atoms with Gasteiger partial charge in [0.15, 0.2) is 0 Å². The van der Waals surface area contributed by atoms with E-state index >= 15 is 0 Å². The van der Waals surface area contributed by atoms with Gasteiger partial charge in [0.2, 0.25) is 5.91 Å². The highest BCUT2D eigenvalue weighted by molar-refractivity contribution is 6.33. The van der Waals surface area contributed by atoms with Crippen LogP contribution < -0.4 is 26.6 Å². The fourth-order valence-electron chi connectivity index (χ4n) is 3.64. The third-order valence-corrected chi connectivity index (χ3v) is 5.62. The van der Waals surface area contributed by atoms with Gasteiger partial charge in [0.1, 0.15) is 23.8 Å². The van der Waals surface area contributed by atoms with Gasteiger partial charge < -0.3 is 26.6 Å². The molecule has 0 aromatic heterocycles. The van der Waals surface area contributed by atoms with Crippen LogP contribution in [-0.2, 0) is 14.4 Å². The van der Waals surface area contributed by atoms with Crippen molar-refractivity contribution in [1.29, 1.82) is 0 Å². The Morgan fingerprint density at radius 1 is 1.03 bits per heavy atom. The zero-order valence-corrected chi connectivity index (χ0v) is 18.0.